The molecule has 0 aliphatic carbocycles. The molecule has 1 rings (SSSR count). The zero-order valence-corrected chi connectivity index (χ0v) is 8.97. The first-order valence-electron chi connectivity index (χ1n) is 3.68. The van der Waals surface area contributed by atoms with E-state index in [9.17, 15) is 13.2 Å². The number of pyridine rings is 1. The number of anilines is 1. The fraction of sp³-hybridized carbons (Fsp3) is 0.286. The highest BCUT2D eigenvalue weighted by Gasteiger charge is 2.07. The minimum Gasteiger partial charge on any atom is -0.316 e. The number of alkyl halides is 1. The highest BCUT2D eigenvalue weighted by atomic mass is 35.5. The molecule has 0 bridgehead atoms. The average Bonchev–Trinajstić information content (AvgIpc) is 2.11. The molecule has 1 aromatic rings. The monoisotopic (exact) mass is 236 g/mol. The first-order chi connectivity index (χ1) is 6.44. The van der Waals surface area contributed by atoms with Crippen molar-refractivity contribution in [1.29, 1.82) is 0 Å². The van der Waals surface area contributed by atoms with Crippen molar-refractivity contribution in [2.24, 2.45) is 7.05 Å². The Balaban J connectivity index is 3.00. The molecule has 1 heterocycles. The molecule has 0 aliphatic rings. The summed E-state index contributed by atoms with van der Waals surface area (Å²) in [6.45, 7) is 0. The molecule has 0 radical (unpaired) electrons. The van der Waals surface area contributed by atoms with Crippen LogP contribution in [0.2, 0.25) is 0 Å². The molecular weight excluding hydrogens is 228 g/mol. The average molecular weight is 237 g/mol. The van der Waals surface area contributed by atoms with Crippen LogP contribution in [0.3, 0.4) is 0 Å². The predicted octanol–water partition coefficient (Wildman–Crippen LogP) is 0.323. The maximum atomic E-state index is 11.0. The van der Waals surface area contributed by atoms with Gasteiger partial charge >= 0.3 is 0 Å². The molecule has 0 atom stereocenters. The number of hydrogen-bond acceptors (Lipinski definition) is 3. The lowest BCUT2D eigenvalue weighted by atomic mass is 10.4. The normalized spacial score (nSPS) is 11.3. The van der Waals surface area contributed by atoms with Gasteiger partial charge in [-0.15, -0.1) is 11.6 Å². The Morgan fingerprint density at radius 1 is 1.50 bits per heavy atom. The van der Waals surface area contributed by atoms with Gasteiger partial charge in [0.2, 0.25) is 15.6 Å². The summed E-state index contributed by atoms with van der Waals surface area (Å²) in [4.78, 5) is 11.0. The van der Waals surface area contributed by atoms with Crippen LogP contribution >= 0.6 is 11.6 Å². The van der Waals surface area contributed by atoms with Gasteiger partial charge < -0.3 is 4.57 Å². The van der Waals surface area contributed by atoms with Crippen LogP contribution in [-0.4, -0.2) is 18.2 Å². The van der Waals surface area contributed by atoms with E-state index >= 15 is 0 Å². The van der Waals surface area contributed by atoms with Crippen molar-refractivity contribution in [2.45, 2.75) is 0 Å². The highest BCUT2D eigenvalue weighted by molar-refractivity contribution is 7.93. The molecule has 1 N–H and O–H groups in total. The van der Waals surface area contributed by atoms with Crippen LogP contribution < -0.4 is 10.3 Å². The lowest BCUT2D eigenvalue weighted by Gasteiger charge is -2.05. The number of rotatable bonds is 3. The minimum atomic E-state index is -3.50. The smallest absolute Gasteiger partial charge is 0.250 e. The van der Waals surface area contributed by atoms with Gasteiger partial charge in [0, 0.05) is 19.3 Å². The van der Waals surface area contributed by atoms with E-state index in [0.717, 1.165) is 0 Å². The highest BCUT2D eigenvalue weighted by Crippen LogP contribution is 2.06. The zero-order chi connectivity index (χ0) is 10.8. The standard InChI is InChI=1S/C7H9ClN2O3S/c1-10-4-6(2-3-7(10)11)9-14(12,13)5-8/h2-4,9H,5H2,1H3. The number of hydrogen-bond donors (Lipinski definition) is 1. The van der Waals surface area contributed by atoms with Crippen molar-refractivity contribution in [3.05, 3.63) is 28.7 Å². The fourth-order valence-corrected chi connectivity index (χ4v) is 1.56. The zero-order valence-electron chi connectivity index (χ0n) is 7.40. The molecule has 0 fully saturated rings. The molecule has 0 saturated heterocycles. The van der Waals surface area contributed by atoms with E-state index in [-0.39, 0.29) is 5.56 Å². The van der Waals surface area contributed by atoms with Gasteiger partial charge in [-0.1, -0.05) is 0 Å². The van der Waals surface area contributed by atoms with Crippen molar-refractivity contribution in [1.82, 2.24) is 4.57 Å². The molecule has 0 aliphatic heterocycles. The van der Waals surface area contributed by atoms with E-state index in [1.54, 1.807) is 0 Å². The van der Waals surface area contributed by atoms with E-state index in [2.05, 4.69) is 4.72 Å². The summed E-state index contributed by atoms with van der Waals surface area (Å²) in [5.74, 6) is 0. The summed E-state index contributed by atoms with van der Waals surface area (Å²) >= 11 is 5.20. The number of aromatic nitrogens is 1. The first kappa shape index (κ1) is 11.1. The number of nitrogens with one attached hydrogen (secondary N) is 1. The van der Waals surface area contributed by atoms with Crippen molar-refractivity contribution in [3.8, 4) is 0 Å². The Morgan fingerprint density at radius 2 is 2.14 bits per heavy atom. The maximum absolute atomic E-state index is 11.0. The van der Waals surface area contributed by atoms with Crippen LogP contribution in [-0.2, 0) is 17.1 Å². The summed E-state index contributed by atoms with van der Waals surface area (Å²) in [5.41, 5.74) is 0.103. The Morgan fingerprint density at radius 3 is 2.64 bits per heavy atom. The van der Waals surface area contributed by atoms with E-state index in [1.807, 2.05) is 0 Å². The van der Waals surface area contributed by atoms with Crippen LogP contribution in [0.5, 0.6) is 0 Å². The van der Waals surface area contributed by atoms with Gasteiger partial charge in [0.25, 0.3) is 0 Å². The molecular formula is C7H9ClN2O3S. The van der Waals surface area contributed by atoms with Gasteiger partial charge in [-0.25, -0.2) is 8.42 Å². The molecule has 0 unspecified atom stereocenters. The van der Waals surface area contributed by atoms with Gasteiger partial charge in [0.05, 0.1) is 5.69 Å². The van der Waals surface area contributed by atoms with Gasteiger partial charge in [-0.2, -0.15) is 0 Å². The second kappa shape index (κ2) is 4.02. The number of halogens is 1. The van der Waals surface area contributed by atoms with E-state index < -0.39 is 15.2 Å². The molecule has 78 valence electrons. The summed E-state index contributed by atoms with van der Waals surface area (Å²) in [6.07, 6.45) is 1.38. The van der Waals surface area contributed by atoms with Gasteiger partial charge in [0.1, 0.15) is 5.21 Å². The van der Waals surface area contributed by atoms with E-state index in [4.69, 9.17) is 11.6 Å². The van der Waals surface area contributed by atoms with Crippen molar-refractivity contribution in [2.75, 3.05) is 9.93 Å². The summed E-state index contributed by atoms with van der Waals surface area (Å²) in [7, 11) is -1.97. The van der Waals surface area contributed by atoms with Crippen LogP contribution in [0.25, 0.3) is 0 Å². The van der Waals surface area contributed by atoms with E-state index in [0.29, 0.717) is 5.69 Å². The third-order valence-electron chi connectivity index (χ3n) is 1.50. The topological polar surface area (TPSA) is 68.2 Å². The molecule has 0 spiro atoms. The first-order valence-corrected chi connectivity index (χ1v) is 5.86. The Bertz CT molecular complexity index is 480. The van der Waals surface area contributed by atoms with Crippen molar-refractivity contribution in [3.63, 3.8) is 0 Å². The Kier molecular flexibility index (Phi) is 3.17. The predicted molar refractivity (Wildman–Crippen MR) is 54.9 cm³/mol. The number of aryl methyl sites for hydroxylation is 1. The van der Waals surface area contributed by atoms with Crippen molar-refractivity contribution < 1.29 is 8.42 Å². The van der Waals surface area contributed by atoms with Crippen LogP contribution in [0, 0.1) is 0 Å². The molecule has 14 heavy (non-hydrogen) atoms. The molecule has 5 nitrogen and oxygen atoms in total. The quantitative estimate of drug-likeness (QED) is 0.769. The summed E-state index contributed by atoms with van der Waals surface area (Å²) in [6, 6.07) is 2.65. The Hall–Kier alpha value is -1.01. The van der Waals surface area contributed by atoms with Crippen LogP contribution in [0.15, 0.2) is 23.1 Å². The second-order valence-corrected chi connectivity index (χ2v) is 5.00. The van der Waals surface area contributed by atoms with Gasteiger partial charge in [-0.3, -0.25) is 9.52 Å². The molecule has 1 aromatic heterocycles. The lowest BCUT2D eigenvalue weighted by Crippen LogP contribution is -2.18. The molecule has 7 heteroatoms. The SMILES string of the molecule is Cn1cc(NS(=O)(=O)CCl)ccc1=O. The Labute approximate surface area is 86.4 Å². The van der Waals surface area contributed by atoms with Gasteiger partial charge in [-0.05, 0) is 6.07 Å². The largest absolute Gasteiger partial charge is 0.316 e. The number of nitrogens with zero attached hydrogens (tertiary/aromatic N) is 1. The second-order valence-electron chi connectivity index (χ2n) is 2.69. The maximum Gasteiger partial charge on any atom is 0.250 e. The third kappa shape index (κ3) is 2.74. The van der Waals surface area contributed by atoms with Gasteiger partial charge in [0.15, 0.2) is 0 Å². The fourth-order valence-electron chi connectivity index (χ4n) is 0.861. The molecule has 0 saturated carbocycles. The minimum absolute atomic E-state index is 0.209. The van der Waals surface area contributed by atoms with E-state index in [1.165, 1.54) is 29.9 Å². The summed E-state index contributed by atoms with van der Waals surface area (Å²) in [5, 5.41) is -0.518. The van der Waals surface area contributed by atoms with Crippen molar-refractivity contribution >= 4 is 27.3 Å². The van der Waals surface area contributed by atoms with Crippen LogP contribution in [0.1, 0.15) is 0 Å². The third-order valence-corrected chi connectivity index (χ3v) is 3.20. The lowest BCUT2D eigenvalue weighted by molar-refractivity contribution is 0.605. The summed E-state index contributed by atoms with van der Waals surface area (Å²) < 4.78 is 25.6. The number of sulfonamides is 1. The molecule has 0 aromatic carbocycles. The van der Waals surface area contributed by atoms with Crippen LogP contribution in [0.4, 0.5) is 5.69 Å². The molecule has 0 amide bonds.